The van der Waals surface area contributed by atoms with Crippen LogP contribution in [0, 0.1) is 5.82 Å². The van der Waals surface area contributed by atoms with E-state index in [0.717, 1.165) is 4.90 Å². The minimum absolute atomic E-state index is 0.0757. The van der Waals surface area contributed by atoms with Crippen LogP contribution in [0.15, 0.2) is 36.4 Å². The zero-order chi connectivity index (χ0) is 26.2. The monoisotopic (exact) mass is 510 g/mol. The molecule has 0 saturated carbocycles. The van der Waals surface area contributed by atoms with Gasteiger partial charge in [0.05, 0.1) is 12.1 Å². The van der Waals surface area contributed by atoms with E-state index in [0.29, 0.717) is 22.6 Å². The Labute approximate surface area is 209 Å². The fourth-order valence-corrected chi connectivity index (χ4v) is 3.51. The van der Waals surface area contributed by atoms with E-state index in [1.165, 1.54) is 12.1 Å². The fraction of sp³-hybridized carbons (Fsp3) is 0.440. The van der Waals surface area contributed by atoms with Gasteiger partial charge in [-0.05, 0) is 69.7 Å². The highest BCUT2D eigenvalue weighted by molar-refractivity contribution is 6.31. The summed E-state index contributed by atoms with van der Waals surface area (Å²) in [4.78, 5) is 24.7. The number of carboxylic acids is 1. The van der Waals surface area contributed by atoms with Crippen molar-refractivity contribution < 1.29 is 33.3 Å². The molecule has 2 rings (SSSR count). The molecule has 192 valence electrons. The molecule has 10 heteroatoms. The lowest BCUT2D eigenvalue weighted by Crippen LogP contribution is -2.43. The van der Waals surface area contributed by atoms with Crippen LogP contribution in [0.1, 0.15) is 44.9 Å². The molecule has 0 saturated heterocycles. The molecule has 1 amide bonds. The minimum atomic E-state index is -1.15. The van der Waals surface area contributed by atoms with E-state index in [4.69, 9.17) is 30.9 Å². The average molecular weight is 511 g/mol. The van der Waals surface area contributed by atoms with Crippen molar-refractivity contribution in [2.24, 2.45) is 0 Å². The third-order valence-corrected chi connectivity index (χ3v) is 5.25. The van der Waals surface area contributed by atoms with Crippen LogP contribution < -0.4 is 14.8 Å². The van der Waals surface area contributed by atoms with E-state index in [2.05, 4.69) is 5.32 Å². The molecule has 35 heavy (non-hydrogen) atoms. The molecule has 0 aliphatic rings. The van der Waals surface area contributed by atoms with E-state index in [1.54, 1.807) is 52.1 Å². The Morgan fingerprint density at radius 1 is 1.17 bits per heavy atom. The number of hydrogen-bond acceptors (Lipinski definition) is 6. The minimum Gasteiger partial charge on any atom is -0.497 e. The zero-order valence-corrected chi connectivity index (χ0v) is 21.3. The molecule has 0 spiro atoms. The van der Waals surface area contributed by atoms with Crippen molar-refractivity contribution in [3.05, 3.63) is 58.4 Å². The molecule has 0 aliphatic heterocycles. The summed E-state index contributed by atoms with van der Waals surface area (Å²) in [5.41, 5.74) is 0.440. The fourth-order valence-electron chi connectivity index (χ4n) is 3.24. The van der Waals surface area contributed by atoms with Gasteiger partial charge < -0.3 is 24.6 Å². The number of rotatable bonds is 11. The average Bonchev–Trinajstić information content (AvgIpc) is 2.76. The van der Waals surface area contributed by atoms with Gasteiger partial charge in [0.1, 0.15) is 36.1 Å². The maximum absolute atomic E-state index is 14.2. The number of nitrogens with one attached hydrogen (secondary N) is 1. The number of carbonyl (C=O) groups is 2. The van der Waals surface area contributed by atoms with Crippen molar-refractivity contribution in [1.82, 2.24) is 10.2 Å². The molecule has 0 unspecified atom stereocenters. The van der Waals surface area contributed by atoms with Gasteiger partial charge in [0.15, 0.2) is 0 Å². The standard InChI is InChI=1S/C25H32ClFN2O6/c1-16(28-10-11-29(14-23(30)31)24(32)35-25(2,3)4)20-12-17(27)13-22(26)21(20)15-34-19-8-6-18(33-5)7-9-19/h6-9,12-13,16,28H,10-11,14-15H2,1-5H3,(H,30,31)/t16-/m0/s1. The Kier molecular flexibility index (Phi) is 10.2. The van der Waals surface area contributed by atoms with Crippen LogP contribution in [0.4, 0.5) is 9.18 Å². The normalized spacial score (nSPS) is 12.1. The lowest BCUT2D eigenvalue weighted by molar-refractivity contribution is -0.138. The summed E-state index contributed by atoms with van der Waals surface area (Å²) in [5, 5.41) is 12.6. The number of methoxy groups -OCH3 is 1. The summed E-state index contributed by atoms with van der Waals surface area (Å²) in [6.45, 7) is 6.84. The summed E-state index contributed by atoms with van der Waals surface area (Å²) < 4.78 is 30.4. The molecule has 2 aromatic carbocycles. The first-order valence-electron chi connectivity index (χ1n) is 11.1. The third kappa shape index (κ3) is 9.26. The number of aliphatic carboxylic acids is 1. The van der Waals surface area contributed by atoms with E-state index in [-0.39, 0.29) is 30.8 Å². The maximum Gasteiger partial charge on any atom is 0.410 e. The SMILES string of the molecule is COc1ccc(OCc2c(Cl)cc(F)cc2[C@H](C)NCCN(CC(=O)O)C(=O)OC(C)(C)C)cc1. The lowest BCUT2D eigenvalue weighted by atomic mass is 10.0. The Hall–Kier alpha value is -3.04. The van der Waals surface area contributed by atoms with Crippen LogP contribution in [0.3, 0.4) is 0 Å². The molecule has 2 aromatic rings. The molecule has 0 aromatic heterocycles. The van der Waals surface area contributed by atoms with Gasteiger partial charge in [-0.25, -0.2) is 9.18 Å². The van der Waals surface area contributed by atoms with Crippen LogP contribution in [-0.4, -0.2) is 54.4 Å². The second-order valence-corrected chi connectivity index (χ2v) is 9.30. The molecule has 2 N–H and O–H groups in total. The molecule has 0 bridgehead atoms. The smallest absolute Gasteiger partial charge is 0.410 e. The van der Waals surface area contributed by atoms with Crippen molar-refractivity contribution in [3.8, 4) is 11.5 Å². The number of hydrogen-bond donors (Lipinski definition) is 2. The Morgan fingerprint density at radius 2 is 1.80 bits per heavy atom. The van der Waals surface area contributed by atoms with Crippen LogP contribution in [0.5, 0.6) is 11.5 Å². The zero-order valence-electron chi connectivity index (χ0n) is 20.6. The van der Waals surface area contributed by atoms with E-state index < -0.39 is 30.0 Å². The van der Waals surface area contributed by atoms with Crippen molar-refractivity contribution in [1.29, 1.82) is 0 Å². The number of carbonyl (C=O) groups excluding carboxylic acids is 1. The second-order valence-electron chi connectivity index (χ2n) is 8.89. The van der Waals surface area contributed by atoms with Crippen molar-refractivity contribution in [3.63, 3.8) is 0 Å². The van der Waals surface area contributed by atoms with Gasteiger partial charge in [0.2, 0.25) is 0 Å². The second kappa shape index (κ2) is 12.6. The number of amides is 1. The Bertz CT molecular complexity index is 1010. The summed E-state index contributed by atoms with van der Waals surface area (Å²) in [7, 11) is 1.57. The Morgan fingerprint density at radius 3 is 2.37 bits per heavy atom. The van der Waals surface area contributed by atoms with Gasteiger partial charge in [-0.2, -0.15) is 0 Å². The number of carboxylic acid groups (broad SMARTS) is 1. The van der Waals surface area contributed by atoms with Gasteiger partial charge in [0.25, 0.3) is 0 Å². The molecular formula is C25H32ClFN2O6. The highest BCUT2D eigenvalue weighted by atomic mass is 35.5. The molecule has 0 aliphatic carbocycles. The van der Waals surface area contributed by atoms with Crippen LogP contribution in [0.25, 0.3) is 0 Å². The first kappa shape index (κ1) is 28.2. The highest BCUT2D eigenvalue weighted by Gasteiger charge is 2.24. The molecule has 0 heterocycles. The number of nitrogens with zero attached hydrogens (tertiary/aromatic N) is 1. The number of benzene rings is 2. The van der Waals surface area contributed by atoms with Gasteiger partial charge in [-0.3, -0.25) is 9.69 Å². The number of ether oxygens (including phenoxy) is 3. The van der Waals surface area contributed by atoms with Crippen molar-refractivity contribution in [2.45, 2.75) is 45.9 Å². The van der Waals surface area contributed by atoms with Crippen molar-refractivity contribution in [2.75, 3.05) is 26.7 Å². The van der Waals surface area contributed by atoms with Crippen LogP contribution in [-0.2, 0) is 16.1 Å². The molecule has 1 atom stereocenters. The van der Waals surface area contributed by atoms with Gasteiger partial charge in [-0.1, -0.05) is 11.6 Å². The summed E-state index contributed by atoms with van der Waals surface area (Å²) in [6.07, 6.45) is -0.725. The lowest BCUT2D eigenvalue weighted by Gasteiger charge is -2.27. The summed E-state index contributed by atoms with van der Waals surface area (Å²) >= 11 is 6.34. The summed E-state index contributed by atoms with van der Waals surface area (Å²) in [5.74, 6) is -0.356. The van der Waals surface area contributed by atoms with Crippen LogP contribution >= 0.6 is 11.6 Å². The van der Waals surface area contributed by atoms with E-state index in [9.17, 15) is 14.0 Å². The summed E-state index contributed by atoms with van der Waals surface area (Å²) in [6, 6.07) is 9.26. The first-order chi connectivity index (χ1) is 16.4. The largest absolute Gasteiger partial charge is 0.497 e. The van der Waals surface area contributed by atoms with Gasteiger partial charge >= 0.3 is 12.1 Å². The van der Waals surface area contributed by atoms with Gasteiger partial charge in [0, 0.05) is 24.7 Å². The van der Waals surface area contributed by atoms with Gasteiger partial charge in [-0.15, -0.1) is 0 Å². The number of halogens is 2. The van der Waals surface area contributed by atoms with E-state index in [1.807, 2.05) is 6.92 Å². The quantitative estimate of drug-likeness (QED) is 0.437. The van der Waals surface area contributed by atoms with Crippen LogP contribution in [0.2, 0.25) is 5.02 Å². The predicted octanol–water partition coefficient (Wildman–Crippen LogP) is 5.04. The van der Waals surface area contributed by atoms with E-state index >= 15 is 0 Å². The van der Waals surface area contributed by atoms with Crippen molar-refractivity contribution >= 4 is 23.7 Å². The predicted molar refractivity (Wildman–Crippen MR) is 131 cm³/mol. The Balaban J connectivity index is 2.08. The molecule has 8 nitrogen and oxygen atoms in total. The maximum atomic E-state index is 14.2. The first-order valence-corrected chi connectivity index (χ1v) is 11.4. The topological polar surface area (TPSA) is 97.3 Å². The third-order valence-electron chi connectivity index (χ3n) is 4.91. The highest BCUT2D eigenvalue weighted by Crippen LogP contribution is 2.29. The molecule has 0 radical (unpaired) electrons. The molecule has 0 fully saturated rings. The molecular weight excluding hydrogens is 479 g/mol.